The molecule has 2 aromatic carbocycles. The molecule has 0 amide bonds. The Balaban J connectivity index is 2.68. The van der Waals surface area contributed by atoms with E-state index in [1.807, 2.05) is 30.3 Å². The largest absolute Gasteiger partial charge is 0.496 e. The van der Waals surface area contributed by atoms with Crippen LogP contribution >= 0.6 is 0 Å². The fraction of sp³-hybridized carbons (Fsp3) is 0.294. The molecule has 0 aliphatic rings. The van der Waals surface area contributed by atoms with Gasteiger partial charge in [0.1, 0.15) is 22.8 Å². The Morgan fingerprint density at radius 3 is 1.76 bits per heavy atom. The average Bonchev–Trinajstić information content (AvgIpc) is 2.53. The Morgan fingerprint density at radius 1 is 0.762 bits per heavy atom. The lowest BCUT2D eigenvalue weighted by atomic mass is 9.86. The highest BCUT2D eigenvalue weighted by Gasteiger charge is 2.34. The number of ether oxygens (including phenoxy) is 3. The minimum Gasteiger partial charge on any atom is -0.496 e. The Labute approximate surface area is 124 Å². The van der Waals surface area contributed by atoms with Crippen LogP contribution in [0.25, 0.3) is 0 Å². The molecule has 112 valence electrons. The van der Waals surface area contributed by atoms with Crippen LogP contribution in [-0.2, 0) is 5.60 Å². The van der Waals surface area contributed by atoms with Gasteiger partial charge in [-0.3, -0.25) is 0 Å². The molecule has 1 N–H and O–H groups in total. The van der Waals surface area contributed by atoms with E-state index in [1.54, 1.807) is 40.4 Å². The van der Waals surface area contributed by atoms with E-state index in [1.165, 1.54) is 0 Å². The van der Waals surface area contributed by atoms with Crippen molar-refractivity contribution in [1.82, 2.24) is 0 Å². The van der Waals surface area contributed by atoms with Gasteiger partial charge >= 0.3 is 0 Å². The topological polar surface area (TPSA) is 47.9 Å². The van der Waals surface area contributed by atoms with Crippen LogP contribution in [0.3, 0.4) is 0 Å². The molecule has 0 bridgehead atoms. The first-order chi connectivity index (χ1) is 10.1. The Hall–Kier alpha value is -2.20. The molecule has 4 heteroatoms. The monoisotopic (exact) mass is 288 g/mol. The second-order valence-corrected chi connectivity index (χ2v) is 4.81. The van der Waals surface area contributed by atoms with Gasteiger partial charge in [-0.2, -0.15) is 0 Å². The van der Waals surface area contributed by atoms with E-state index in [2.05, 4.69) is 0 Å². The summed E-state index contributed by atoms with van der Waals surface area (Å²) in [5, 5.41) is 11.2. The molecule has 0 spiro atoms. The first kappa shape index (κ1) is 15.2. The lowest BCUT2D eigenvalue weighted by molar-refractivity contribution is 0.0925. The summed E-state index contributed by atoms with van der Waals surface area (Å²) >= 11 is 0. The fourth-order valence-corrected chi connectivity index (χ4v) is 2.51. The lowest BCUT2D eigenvalue weighted by Gasteiger charge is -2.29. The molecule has 0 aliphatic heterocycles. The van der Waals surface area contributed by atoms with Crippen molar-refractivity contribution in [2.75, 3.05) is 21.3 Å². The summed E-state index contributed by atoms with van der Waals surface area (Å²) in [6, 6.07) is 12.8. The van der Waals surface area contributed by atoms with Crippen LogP contribution in [0.2, 0.25) is 0 Å². The van der Waals surface area contributed by atoms with Crippen molar-refractivity contribution in [1.29, 1.82) is 0 Å². The van der Waals surface area contributed by atoms with E-state index in [0.29, 0.717) is 28.4 Å². The Bertz CT molecular complexity index is 598. The molecule has 0 heterocycles. The summed E-state index contributed by atoms with van der Waals surface area (Å²) in [5.41, 5.74) is -0.0975. The van der Waals surface area contributed by atoms with Gasteiger partial charge < -0.3 is 19.3 Å². The van der Waals surface area contributed by atoms with Crippen LogP contribution < -0.4 is 14.2 Å². The van der Waals surface area contributed by atoms with Crippen molar-refractivity contribution in [2.24, 2.45) is 0 Å². The average molecular weight is 288 g/mol. The van der Waals surface area contributed by atoms with Crippen LogP contribution in [0.5, 0.6) is 17.2 Å². The molecular formula is C17H20O4. The van der Waals surface area contributed by atoms with Crippen molar-refractivity contribution >= 4 is 0 Å². The number of rotatable bonds is 5. The number of hydrogen-bond acceptors (Lipinski definition) is 4. The van der Waals surface area contributed by atoms with Crippen molar-refractivity contribution in [3.63, 3.8) is 0 Å². The molecular weight excluding hydrogens is 268 g/mol. The minimum atomic E-state index is -1.31. The Kier molecular flexibility index (Phi) is 4.38. The molecule has 0 aliphatic carbocycles. The third-order valence-electron chi connectivity index (χ3n) is 3.55. The second kappa shape index (κ2) is 6.06. The maximum absolute atomic E-state index is 11.2. The number of benzene rings is 2. The van der Waals surface area contributed by atoms with Gasteiger partial charge in [-0.05, 0) is 25.1 Å². The molecule has 1 unspecified atom stereocenters. The molecule has 0 aromatic heterocycles. The van der Waals surface area contributed by atoms with E-state index in [4.69, 9.17) is 14.2 Å². The van der Waals surface area contributed by atoms with Gasteiger partial charge in [-0.1, -0.05) is 24.3 Å². The van der Waals surface area contributed by atoms with Crippen LogP contribution in [0.4, 0.5) is 0 Å². The van der Waals surface area contributed by atoms with E-state index in [0.717, 1.165) is 0 Å². The second-order valence-electron chi connectivity index (χ2n) is 4.81. The summed E-state index contributed by atoms with van der Waals surface area (Å²) < 4.78 is 16.1. The lowest BCUT2D eigenvalue weighted by Crippen LogP contribution is -2.25. The first-order valence-corrected chi connectivity index (χ1v) is 6.63. The molecule has 0 saturated heterocycles. The van der Waals surface area contributed by atoms with Gasteiger partial charge in [0.05, 0.1) is 26.9 Å². The quantitative estimate of drug-likeness (QED) is 0.919. The fourth-order valence-electron chi connectivity index (χ4n) is 2.51. The molecule has 2 aromatic rings. The van der Waals surface area contributed by atoms with Gasteiger partial charge in [-0.15, -0.1) is 0 Å². The van der Waals surface area contributed by atoms with Crippen LogP contribution in [0.1, 0.15) is 18.1 Å². The molecule has 0 fully saturated rings. The predicted octanol–water partition coefficient (Wildman–Crippen LogP) is 2.97. The standard InChI is InChI=1S/C17H20O4/c1-17(18,12-8-5-6-9-13(12)19-2)16-14(20-3)10-7-11-15(16)21-4/h5-11,18H,1-4H3. The first-order valence-electron chi connectivity index (χ1n) is 6.63. The van der Waals surface area contributed by atoms with Gasteiger partial charge in [-0.25, -0.2) is 0 Å². The van der Waals surface area contributed by atoms with Crippen molar-refractivity contribution < 1.29 is 19.3 Å². The highest BCUT2D eigenvalue weighted by Crippen LogP contribution is 2.43. The summed E-state index contributed by atoms with van der Waals surface area (Å²) in [4.78, 5) is 0. The van der Waals surface area contributed by atoms with Gasteiger partial charge in [0.2, 0.25) is 0 Å². The third kappa shape index (κ3) is 2.67. The number of para-hydroxylation sites is 1. The van der Waals surface area contributed by atoms with Crippen molar-refractivity contribution in [2.45, 2.75) is 12.5 Å². The van der Waals surface area contributed by atoms with E-state index in [9.17, 15) is 5.11 Å². The maximum Gasteiger partial charge on any atom is 0.129 e. The molecule has 1 atom stereocenters. The zero-order chi connectivity index (χ0) is 15.5. The van der Waals surface area contributed by atoms with E-state index >= 15 is 0 Å². The van der Waals surface area contributed by atoms with Crippen LogP contribution in [0.15, 0.2) is 42.5 Å². The maximum atomic E-state index is 11.2. The molecule has 0 saturated carbocycles. The number of hydrogen-bond donors (Lipinski definition) is 1. The van der Waals surface area contributed by atoms with Crippen LogP contribution in [-0.4, -0.2) is 26.4 Å². The van der Waals surface area contributed by atoms with Crippen molar-refractivity contribution in [3.8, 4) is 17.2 Å². The minimum absolute atomic E-state index is 0.560. The predicted molar refractivity (Wildman–Crippen MR) is 81.2 cm³/mol. The van der Waals surface area contributed by atoms with Gasteiger partial charge in [0.25, 0.3) is 0 Å². The zero-order valence-electron chi connectivity index (χ0n) is 12.7. The molecule has 2 rings (SSSR count). The van der Waals surface area contributed by atoms with Gasteiger partial charge in [0, 0.05) is 5.56 Å². The highest BCUT2D eigenvalue weighted by molar-refractivity contribution is 5.55. The van der Waals surface area contributed by atoms with Crippen LogP contribution in [0, 0.1) is 0 Å². The Morgan fingerprint density at radius 2 is 1.24 bits per heavy atom. The van der Waals surface area contributed by atoms with E-state index in [-0.39, 0.29) is 0 Å². The SMILES string of the molecule is COc1ccccc1C(C)(O)c1c(OC)cccc1OC. The third-order valence-corrected chi connectivity index (χ3v) is 3.55. The highest BCUT2D eigenvalue weighted by atomic mass is 16.5. The number of aliphatic hydroxyl groups is 1. The van der Waals surface area contributed by atoms with E-state index < -0.39 is 5.60 Å². The smallest absolute Gasteiger partial charge is 0.129 e. The summed E-state index contributed by atoms with van der Waals surface area (Å²) in [7, 11) is 4.71. The van der Waals surface area contributed by atoms with Crippen molar-refractivity contribution in [3.05, 3.63) is 53.6 Å². The molecule has 0 radical (unpaired) electrons. The van der Waals surface area contributed by atoms with Gasteiger partial charge in [0.15, 0.2) is 0 Å². The summed E-state index contributed by atoms with van der Waals surface area (Å²) in [6.07, 6.45) is 0. The molecule has 4 nitrogen and oxygen atoms in total. The number of methoxy groups -OCH3 is 3. The zero-order valence-corrected chi connectivity index (χ0v) is 12.7. The molecule has 21 heavy (non-hydrogen) atoms. The summed E-state index contributed by atoms with van der Waals surface area (Å²) in [6.45, 7) is 1.70. The normalized spacial score (nSPS) is 13.4. The summed E-state index contributed by atoms with van der Waals surface area (Å²) in [5.74, 6) is 1.73.